The Kier molecular flexibility index (Phi) is 3.73. The molecule has 0 radical (unpaired) electrons. The van der Waals surface area contributed by atoms with Gasteiger partial charge in [-0.05, 0) is 38.5 Å². The van der Waals surface area contributed by atoms with E-state index < -0.39 is 15.6 Å². The fourth-order valence-electron chi connectivity index (χ4n) is 1.95. The number of ether oxygens (including phenoxy) is 2. The van der Waals surface area contributed by atoms with Gasteiger partial charge in [0.25, 0.3) is 0 Å². The van der Waals surface area contributed by atoms with Crippen molar-refractivity contribution in [2.75, 3.05) is 19.0 Å². The van der Waals surface area contributed by atoms with E-state index >= 15 is 0 Å². The molecule has 0 spiro atoms. The summed E-state index contributed by atoms with van der Waals surface area (Å²) < 4.78 is 37.1. The largest absolute Gasteiger partial charge is 0.486 e. The second-order valence-electron chi connectivity index (χ2n) is 4.99. The summed E-state index contributed by atoms with van der Waals surface area (Å²) in [5.74, 6) is 1.41. The summed E-state index contributed by atoms with van der Waals surface area (Å²) in [5.41, 5.74) is 0.152. The third kappa shape index (κ3) is 3.19. The van der Waals surface area contributed by atoms with Crippen LogP contribution in [0, 0.1) is 0 Å². The molecule has 0 aliphatic carbocycles. The summed E-state index contributed by atoms with van der Waals surface area (Å²) in [6.45, 7) is 6.31. The minimum absolute atomic E-state index is 0.0565. The van der Waals surface area contributed by atoms with E-state index in [1.54, 1.807) is 6.92 Å². The van der Waals surface area contributed by atoms with Gasteiger partial charge in [-0.1, -0.05) is 6.07 Å². The number of benzene rings is 1. The van der Waals surface area contributed by atoms with Crippen LogP contribution in [0.5, 0.6) is 11.5 Å². The number of fused-ring (bicyclic) bond motifs is 1. The molecule has 0 fully saturated rings. The van der Waals surface area contributed by atoms with Gasteiger partial charge in [0.1, 0.15) is 13.2 Å². The van der Waals surface area contributed by atoms with E-state index in [4.69, 9.17) is 9.47 Å². The molecule has 5 nitrogen and oxygen atoms in total. The summed E-state index contributed by atoms with van der Waals surface area (Å²) >= 11 is 0. The monoisotopic (exact) mass is 285 g/mol. The molecule has 1 aromatic rings. The maximum atomic E-state index is 11.7. The first kappa shape index (κ1) is 14.1. The minimum Gasteiger partial charge on any atom is -0.486 e. The molecule has 1 aliphatic heterocycles. The van der Waals surface area contributed by atoms with Crippen LogP contribution in [0.4, 0.5) is 0 Å². The van der Waals surface area contributed by atoms with Crippen LogP contribution in [0.3, 0.4) is 0 Å². The molecule has 19 heavy (non-hydrogen) atoms. The number of rotatable bonds is 4. The first-order chi connectivity index (χ1) is 8.84. The van der Waals surface area contributed by atoms with Crippen molar-refractivity contribution < 1.29 is 17.9 Å². The Morgan fingerprint density at radius 2 is 1.84 bits per heavy atom. The SMILES string of the molecule is CCS(=O)(=O)NC(C)(C)c1ccc2c(c1)OCCO2. The van der Waals surface area contributed by atoms with Gasteiger partial charge >= 0.3 is 0 Å². The van der Waals surface area contributed by atoms with E-state index in [9.17, 15) is 8.42 Å². The molecule has 1 aromatic carbocycles. The zero-order chi connectivity index (χ0) is 14.1. The van der Waals surface area contributed by atoms with Crippen molar-refractivity contribution >= 4 is 10.0 Å². The number of hydrogen-bond acceptors (Lipinski definition) is 4. The lowest BCUT2D eigenvalue weighted by molar-refractivity contribution is 0.171. The number of sulfonamides is 1. The molecule has 1 aliphatic rings. The van der Waals surface area contributed by atoms with Crippen molar-refractivity contribution in [1.29, 1.82) is 0 Å². The zero-order valence-corrected chi connectivity index (χ0v) is 12.2. The predicted octanol–water partition coefficient (Wildman–Crippen LogP) is 1.63. The van der Waals surface area contributed by atoms with Gasteiger partial charge in [0.15, 0.2) is 11.5 Å². The average Bonchev–Trinajstić information content (AvgIpc) is 2.37. The molecule has 0 aromatic heterocycles. The molecular weight excluding hydrogens is 266 g/mol. The van der Waals surface area contributed by atoms with E-state index in [1.807, 2.05) is 32.0 Å². The van der Waals surface area contributed by atoms with Crippen molar-refractivity contribution in [3.8, 4) is 11.5 Å². The minimum atomic E-state index is -3.27. The molecule has 1 heterocycles. The van der Waals surface area contributed by atoms with Crippen molar-refractivity contribution in [3.05, 3.63) is 23.8 Å². The predicted molar refractivity (Wildman–Crippen MR) is 73.1 cm³/mol. The molecule has 1 N–H and O–H groups in total. The maximum absolute atomic E-state index is 11.7. The zero-order valence-electron chi connectivity index (χ0n) is 11.4. The Labute approximate surface area is 114 Å². The third-order valence-electron chi connectivity index (χ3n) is 3.05. The van der Waals surface area contributed by atoms with Gasteiger partial charge in [-0.2, -0.15) is 0 Å². The fraction of sp³-hybridized carbons (Fsp3) is 0.538. The molecule has 0 unspecified atom stereocenters. The summed E-state index contributed by atoms with van der Waals surface area (Å²) in [4.78, 5) is 0. The van der Waals surface area contributed by atoms with Crippen LogP contribution < -0.4 is 14.2 Å². The standard InChI is InChI=1S/C13H19NO4S/c1-4-19(15,16)14-13(2,3)10-5-6-11-12(9-10)18-8-7-17-11/h5-6,9,14H,4,7-8H2,1-3H3. The van der Waals surface area contributed by atoms with Crippen LogP contribution in [0.25, 0.3) is 0 Å². The van der Waals surface area contributed by atoms with Crippen LogP contribution in [-0.2, 0) is 15.6 Å². The van der Waals surface area contributed by atoms with Crippen LogP contribution in [0.1, 0.15) is 26.3 Å². The Morgan fingerprint density at radius 3 is 2.47 bits per heavy atom. The molecule has 6 heteroatoms. The van der Waals surface area contributed by atoms with E-state index in [0.717, 1.165) is 5.56 Å². The second-order valence-corrected chi connectivity index (χ2v) is 7.00. The van der Waals surface area contributed by atoms with Crippen LogP contribution in [-0.4, -0.2) is 27.4 Å². The van der Waals surface area contributed by atoms with Gasteiger partial charge in [-0.25, -0.2) is 13.1 Å². The summed E-state index contributed by atoms with van der Waals surface area (Å²) in [7, 11) is -3.27. The smallest absolute Gasteiger partial charge is 0.212 e. The molecule has 0 saturated carbocycles. The third-order valence-corrected chi connectivity index (χ3v) is 4.64. The highest BCUT2D eigenvalue weighted by molar-refractivity contribution is 7.89. The van der Waals surface area contributed by atoms with E-state index in [1.165, 1.54) is 0 Å². The fourth-order valence-corrected chi connectivity index (χ4v) is 2.99. The lowest BCUT2D eigenvalue weighted by atomic mass is 9.95. The van der Waals surface area contributed by atoms with Crippen molar-refractivity contribution in [2.45, 2.75) is 26.3 Å². The van der Waals surface area contributed by atoms with Gasteiger partial charge in [0.2, 0.25) is 10.0 Å². The quantitative estimate of drug-likeness (QED) is 0.913. The highest BCUT2D eigenvalue weighted by Gasteiger charge is 2.27. The van der Waals surface area contributed by atoms with Gasteiger partial charge in [0.05, 0.1) is 11.3 Å². The Morgan fingerprint density at radius 1 is 1.21 bits per heavy atom. The topological polar surface area (TPSA) is 64.6 Å². The van der Waals surface area contributed by atoms with E-state index in [2.05, 4.69) is 4.72 Å². The van der Waals surface area contributed by atoms with Gasteiger partial charge in [0, 0.05) is 0 Å². The first-order valence-corrected chi connectivity index (χ1v) is 7.91. The second kappa shape index (κ2) is 5.02. The summed E-state index contributed by atoms with van der Waals surface area (Å²) in [5, 5.41) is 0. The molecule has 0 bridgehead atoms. The number of hydrogen-bond donors (Lipinski definition) is 1. The maximum Gasteiger partial charge on any atom is 0.212 e. The molecule has 0 saturated heterocycles. The van der Waals surface area contributed by atoms with Crippen LogP contribution in [0.2, 0.25) is 0 Å². The molecule has 0 amide bonds. The highest BCUT2D eigenvalue weighted by atomic mass is 32.2. The van der Waals surface area contributed by atoms with E-state index in [0.29, 0.717) is 24.7 Å². The number of nitrogens with one attached hydrogen (secondary N) is 1. The normalized spacial score (nSPS) is 15.3. The lowest BCUT2D eigenvalue weighted by Crippen LogP contribution is -2.41. The Bertz CT molecular complexity index is 566. The van der Waals surface area contributed by atoms with Crippen molar-refractivity contribution in [1.82, 2.24) is 4.72 Å². The molecule has 106 valence electrons. The molecular formula is C13H19NO4S. The average molecular weight is 285 g/mol. The first-order valence-electron chi connectivity index (χ1n) is 6.26. The van der Waals surface area contributed by atoms with E-state index in [-0.39, 0.29) is 5.75 Å². The summed E-state index contributed by atoms with van der Waals surface area (Å²) in [6.07, 6.45) is 0. The molecule has 2 rings (SSSR count). The van der Waals surface area contributed by atoms with Crippen molar-refractivity contribution in [2.24, 2.45) is 0 Å². The van der Waals surface area contributed by atoms with Gasteiger partial charge < -0.3 is 9.47 Å². The van der Waals surface area contributed by atoms with Gasteiger partial charge in [-0.15, -0.1) is 0 Å². The summed E-state index contributed by atoms with van der Waals surface area (Å²) in [6, 6.07) is 5.49. The van der Waals surface area contributed by atoms with Crippen LogP contribution >= 0.6 is 0 Å². The molecule has 0 atom stereocenters. The Balaban J connectivity index is 2.30. The highest BCUT2D eigenvalue weighted by Crippen LogP contribution is 2.34. The Hall–Kier alpha value is -1.27. The van der Waals surface area contributed by atoms with Crippen LogP contribution in [0.15, 0.2) is 18.2 Å². The van der Waals surface area contributed by atoms with Crippen molar-refractivity contribution in [3.63, 3.8) is 0 Å². The van der Waals surface area contributed by atoms with Gasteiger partial charge in [-0.3, -0.25) is 0 Å². The lowest BCUT2D eigenvalue weighted by Gasteiger charge is -2.28.